The Morgan fingerprint density at radius 1 is 1.30 bits per heavy atom. The first-order chi connectivity index (χ1) is 11.0. The summed E-state index contributed by atoms with van der Waals surface area (Å²) in [6.45, 7) is 6.84. The van der Waals surface area contributed by atoms with Crippen molar-refractivity contribution >= 4 is 23.2 Å². The molecule has 3 rings (SSSR count). The van der Waals surface area contributed by atoms with Crippen molar-refractivity contribution in [1.29, 1.82) is 0 Å². The molecule has 0 N–H and O–H groups in total. The molecule has 0 aliphatic carbocycles. The van der Waals surface area contributed by atoms with Crippen LogP contribution in [-0.2, 0) is 16.1 Å². The third-order valence-corrected chi connectivity index (χ3v) is 5.57. The lowest BCUT2D eigenvalue weighted by Crippen LogP contribution is -2.51. The van der Waals surface area contributed by atoms with Gasteiger partial charge in [0.25, 0.3) is 0 Å². The number of aromatic nitrogens is 1. The second-order valence-electron chi connectivity index (χ2n) is 6.46. The number of piperidine rings is 1. The van der Waals surface area contributed by atoms with Gasteiger partial charge in [0, 0.05) is 64.0 Å². The minimum absolute atomic E-state index is 0.0899. The number of amides is 2. The number of carbonyl (C=O) groups is 2. The highest BCUT2D eigenvalue weighted by atomic mass is 32.1. The molecule has 0 spiro atoms. The molecule has 1 atom stereocenters. The standard InChI is InChI=1S/C16H24N4O2S/c1-12-17-14(11-23-12)10-19-5-7-20(8-6-19)16(22)13-3-4-18(2)15(21)9-13/h11,13H,3-10H2,1-2H3/t13-/m1/s1. The number of thiazole rings is 1. The number of hydrogen-bond donors (Lipinski definition) is 0. The van der Waals surface area contributed by atoms with Gasteiger partial charge >= 0.3 is 0 Å². The lowest BCUT2D eigenvalue weighted by Gasteiger charge is -2.37. The van der Waals surface area contributed by atoms with E-state index in [4.69, 9.17) is 0 Å². The first kappa shape index (κ1) is 16.4. The molecule has 0 unspecified atom stereocenters. The van der Waals surface area contributed by atoms with Crippen molar-refractivity contribution in [3.05, 3.63) is 16.1 Å². The monoisotopic (exact) mass is 336 g/mol. The van der Waals surface area contributed by atoms with Gasteiger partial charge in [-0.3, -0.25) is 14.5 Å². The van der Waals surface area contributed by atoms with Gasteiger partial charge in [-0.25, -0.2) is 4.98 Å². The molecule has 1 aromatic heterocycles. The van der Waals surface area contributed by atoms with E-state index < -0.39 is 0 Å². The van der Waals surface area contributed by atoms with Crippen LogP contribution in [0.5, 0.6) is 0 Å². The van der Waals surface area contributed by atoms with Crippen LogP contribution in [0.15, 0.2) is 5.38 Å². The number of piperazine rings is 1. The van der Waals surface area contributed by atoms with Gasteiger partial charge in [0.15, 0.2) is 0 Å². The van der Waals surface area contributed by atoms with Crippen LogP contribution in [0.1, 0.15) is 23.5 Å². The zero-order chi connectivity index (χ0) is 16.4. The van der Waals surface area contributed by atoms with E-state index in [1.54, 1.807) is 16.2 Å². The Morgan fingerprint density at radius 2 is 2.04 bits per heavy atom. The maximum atomic E-state index is 12.6. The zero-order valence-corrected chi connectivity index (χ0v) is 14.6. The van der Waals surface area contributed by atoms with Crippen LogP contribution in [0.2, 0.25) is 0 Å². The van der Waals surface area contributed by atoms with Gasteiger partial charge < -0.3 is 9.80 Å². The first-order valence-electron chi connectivity index (χ1n) is 8.19. The third-order valence-electron chi connectivity index (χ3n) is 4.75. The summed E-state index contributed by atoms with van der Waals surface area (Å²) in [7, 11) is 1.81. The number of likely N-dealkylation sites (tertiary alicyclic amines) is 1. The van der Waals surface area contributed by atoms with Crippen molar-refractivity contribution in [3.8, 4) is 0 Å². The molecule has 3 heterocycles. The van der Waals surface area contributed by atoms with Crippen molar-refractivity contribution < 1.29 is 9.59 Å². The number of carbonyl (C=O) groups excluding carboxylic acids is 2. The fraction of sp³-hybridized carbons (Fsp3) is 0.688. The Balaban J connectivity index is 1.48. The van der Waals surface area contributed by atoms with Crippen LogP contribution in [0, 0.1) is 12.8 Å². The van der Waals surface area contributed by atoms with Gasteiger partial charge in [-0.15, -0.1) is 11.3 Å². The molecule has 0 radical (unpaired) electrons. The van der Waals surface area contributed by atoms with Crippen LogP contribution in [-0.4, -0.2) is 71.3 Å². The number of hydrogen-bond acceptors (Lipinski definition) is 5. The normalized spacial score (nSPS) is 23.4. The first-order valence-corrected chi connectivity index (χ1v) is 9.07. The van der Waals surface area contributed by atoms with Crippen LogP contribution < -0.4 is 0 Å². The summed E-state index contributed by atoms with van der Waals surface area (Å²) in [5, 5.41) is 3.21. The summed E-state index contributed by atoms with van der Waals surface area (Å²) in [5.74, 6) is 0.134. The largest absolute Gasteiger partial charge is 0.346 e. The van der Waals surface area contributed by atoms with Gasteiger partial charge in [-0.2, -0.15) is 0 Å². The molecule has 0 saturated carbocycles. The van der Waals surface area contributed by atoms with Crippen molar-refractivity contribution in [2.45, 2.75) is 26.3 Å². The van der Waals surface area contributed by atoms with Crippen LogP contribution >= 0.6 is 11.3 Å². The second-order valence-corrected chi connectivity index (χ2v) is 7.53. The van der Waals surface area contributed by atoms with Gasteiger partial charge in [-0.05, 0) is 13.3 Å². The molecule has 126 valence electrons. The Morgan fingerprint density at radius 3 is 2.65 bits per heavy atom. The summed E-state index contributed by atoms with van der Waals surface area (Å²) in [6, 6.07) is 0. The summed E-state index contributed by atoms with van der Waals surface area (Å²) < 4.78 is 0. The minimum atomic E-state index is -0.119. The summed E-state index contributed by atoms with van der Waals surface area (Å²) in [4.78, 5) is 34.9. The molecule has 0 aromatic carbocycles. The second kappa shape index (κ2) is 6.97. The minimum Gasteiger partial charge on any atom is -0.346 e. The highest BCUT2D eigenvalue weighted by molar-refractivity contribution is 7.09. The Hall–Kier alpha value is -1.47. The maximum Gasteiger partial charge on any atom is 0.226 e. The smallest absolute Gasteiger partial charge is 0.226 e. The lowest BCUT2D eigenvalue weighted by molar-refractivity contribution is -0.145. The van der Waals surface area contributed by atoms with E-state index >= 15 is 0 Å². The molecule has 2 aliphatic rings. The highest BCUT2D eigenvalue weighted by Crippen LogP contribution is 2.21. The van der Waals surface area contributed by atoms with E-state index in [0.29, 0.717) is 13.0 Å². The number of nitrogens with zero attached hydrogens (tertiary/aromatic N) is 4. The van der Waals surface area contributed by atoms with E-state index in [1.165, 1.54) is 0 Å². The zero-order valence-electron chi connectivity index (χ0n) is 13.8. The molecule has 2 aliphatic heterocycles. The summed E-state index contributed by atoms with van der Waals surface area (Å²) >= 11 is 1.68. The predicted molar refractivity (Wildman–Crippen MR) is 89.1 cm³/mol. The van der Waals surface area contributed by atoms with Crippen molar-refractivity contribution in [3.63, 3.8) is 0 Å². The van der Waals surface area contributed by atoms with Crippen LogP contribution in [0.4, 0.5) is 0 Å². The number of rotatable bonds is 3. The Labute approximate surface area is 141 Å². The average Bonchev–Trinajstić information content (AvgIpc) is 2.95. The van der Waals surface area contributed by atoms with Gasteiger partial charge in [0.1, 0.15) is 0 Å². The molecule has 1 aromatic rings. The van der Waals surface area contributed by atoms with Gasteiger partial charge in [-0.1, -0.05) is 0 Å². The van der Waals surface area contributed by atoms with Crippen molar-refractivity contribution in [2.24, 2.45) is 5.92 Å². The Bertz CT molecular complexity index is 580. The predicted octanol–water partition coefficient (Wildman–Crippen LogP) is 0.964. The van der Waals surface area contributed by atoms with E-state index in [-0.39, 0.29) is 17.7 Å². The quantitative estimate of drug-likeness (QED) is 0.825. The topological polar surface area (TPSA) is 56.8 Å². The van der Waals surface area contributed by atoms with E-state index in [0.717, 1.165) is 49.8 Å². The molecule has 2 saturated heterocycles. The van der Waals surface area contributed by atoms with E-state index in [2.05, 4.69) is 15.3 Å². The van der Waals surface area contributed by atoms with Crippen LogP contribution in [0.25, 0.3) is 0 Å². The van der Waals surface area contributed by atoms with E-state index in [1.807, 2.05) is 18.9 Å². The van der Waals surface area contributed by atoms with Crippen molar-refractivity contribution in [1.82, 2.24) is 19.7 Å². The van der Waals surface area contributed by atoms with Gasteiger partial charge in [0.05, 0.1) is 10.7 Å². The highest BCUT2D eigenvalue weighted by Gasteiger charge is 2.32. The fourth-order valence-corrected chi connectivity index (χ4v) is 3.85. The fourth-order valence-electron chi connectivity index (χ4n) is 3.25. The molecule has 23 heavy (non-hydrogen) atoms. The number of aryl methyl sites for hydroxylation is 1. The molecule has 2 amide bonds. The van der Waals surface area contributed by atoms with Crippen molar-refractivity contribution in [2.75, 3.05) is 39.8 Å². The Kier molecular flexibility index (Phi) is 4.96. The van der Waals surface area contributed by atoms with Gasteiger partial charge in [0.2, 0.25) is 11.8 Å². The third kappa shape index (κ3) is 3.90. The lowest BCUT2D eigenvalue weighted by atomic mass is 9.94. The molecule has 2 fully saturated rings. The maximum absolute atomic E-state index is 12.6. The molecular weight excluding hydrogens is 312 g/mol. The molecular formula is C16H24N4O2S. The SMILES string of the molecule is Cc1nc(CN2CCN(C(=O)[C@@H]3CCN(C)C(=O)C3)CC2)cs1. The molecule has 6 nitrogen and oxygen atoms in total. The summed E-state index contributed by atoms with van der Waals surface area (Å²) in [6.07, 6.45) is 1.16. The molecule has 0 bridgehead atoms. The van der Waals surface area contributed by atoms with Crippen LogP contribution in [0.3, 0.4) is 0 Å². The van der Waals surface area contributed by atoms with E-state index in [9.17, 15) is 9.59 Å². The molecule has 7 heteroatoms. The summed E-state index contributed by atoms with van der Waals surface area (Å²) in [5.41, 5.74) is 1.12. The average molecular weight is 336 g/mol.